The number of rotatable bonds is 3. The third-order valence-electron chi connectivity index (χ3n) is 1.83. The molecule has 0 saturated carbocycles. The normalized spacial score (nSPS) is 13.2. The molecule has 1 aromatic heterocycles. The first kappa shape index (κ1) is 9.06. The van der Waals surface area contributed by atoms with Crippen LogP contribution in [0.1, 0.15) is 12.7 Å². The second-order valence-corrected chi connectivity index (χ2v) is 2.88. The summed E-state index contributed by atoms with van der Waals surface area (Å²) in [5.74, 6) is 0.901. The molecule has 4 nitrogen and oxygen atoms in total. The number of hydrogen-bond donors (Lipinski definition) is 1. The fourth-order valence-electron chi connectivity index (χ4n) is 1.02. The summed E-state index contributed by atoms with van der Waals surface area (Å²) >= 11 is 0. The zero-order chi connectivity index (χ0) is 9.14. The highest BCUT2D eigenvalue weighted by atomic mass is 16.5. The van der Waals surface area contributed by atoms with Crippen LogP contribution in [0.5, 0.6) is 5.88 Å². The molecule has 0 aromatic carbocycles. The lowest BCUT2D eigenvalue weighted by Gasteiger charge is -2.07. The Hall–Kier alpha value is -1.03. The average molecular weight is 170 g/mol. The minimum absolute atomic E-state index is 0.0656. The Morgan fingerprint density at radius 3 is 2.83 bits per heavy atom. The van der Waals surface area contributed by atoms with E-state index in [0.29, 0.717) is 6.42 Å². The Balaban J connectivity index is 2.68. The van der Waals surface area contributed by atoms with Gasteiger partial charge in [0.15, 0.2) is 0 Å². The van der Waals surface area contributed by atoms with Crippen LogP contribution in [0.4, 0.5) is 0 Å². The van der Waals surface area contributed by atoms with E-state index in [1.165, 1.54) is 0 Å². The largest absolute Gasteiger partial charge is 0.492 e. The highest BCUT2D eigenvalue weighted by molar-refractivity contribution is 5.07. The molecule has 0 radical (unpaired) electrons. The Bertz CT molecular complexity index is 258. The number of imidazole rings is 1. The molecule has 0 fully saturated rings. The van der Waals surface area contributed by atoms with Crippen molar-refractivity contribution in [3.63, 3.8) is 0 Å². The number of hydrogen-bond acceptors (Lipinski definition) is 3. The second-order valence-electron chi connectivity index (χ2n) is 2.88. The summed E-state index contributed by atoms with van der Waals surface area (Å²) in [7, 11) is 3.51. The zero-order valence-corrected chi connectivity index (χ0v) is 7.61. The van der Waals surface area contributed by atoms with Crippen LogP contribution in [-0.4, -0.2) is 27.9 Å². The van der Waals surface area contributed by atoms with Gasteiger partial charge in [0.05, 0.1) is 12.3 Å². The molecule has 0 bridgehead atoms. The maximum atomic E-state index is 9.05. The standard InChI is InChI=1S/C8H14N2O2/c1-6(12-3)4-7-9-8(11)5-10(7)2/h5-6,11H,4H2,1-3H3. The van der Waals surface area contributed by atoms with Crippen molar-refractivity contribution < 1.29 is 9.84 Å². The molecule has 1 N–H and O–H groups in total. The van der Waals surface area contributed by atoms with Gasteiger partial charge in [0.25, 0.3) is 0 Å². The summed E-state index contributed by atoms with van der Waals surface area (Å²) in [5, 5.41) is 9.05. The van der Waals surface area contributed by atoms with Gasteiger partial charge >= 0.3 is 0 Å². The molecule has 0 aliphatic carbocycles. The van der Waals surface area contributed by atoms with Crippen molar-refractivity contribution in [2.75, 3.05) is 7.11 Å². The predicted octanol–water partition coefficient (Wildman–Crippen LogP) is 0.703. The van der Waals surface area contributed by atoms with Gasteiger partial charge in [0.1, 0.15) is 5.82 Å². The summed E-state index contributed by atoms with van der Waals surface area (Å²) in [4.78, 5) is 3.94. The van der Waals surface area contributed by atoms with E-state index in [4.69, 9.17) is 9.84 Å². The molecule has 1 unspecified atom stereocenters. The minimum Gasteiger partial charge on any atom is -0.492 e. The van der Waals surface area contributed by atoms with Gasteiger partial charge in [-0.25, -0.2) is 0 Å². The summed E-state index contributed by atoms with van der Waals surface area (Å²) in [5.41, 5.74) is 0. The van der Waals surface area contributed by atoms with Gasteiger partial charge in [0.2, 0.25) is 5.88 Å². The summed E-state index contributed by atoms with van der Waals surface area (Å²) in [6, 6.07) is 0. The third-order valence-corrected chi connectivity index (χ3v) is 1.83. The molecule has 0 aliphatic rings. The Labute approximate surface area is 71.8 Å². The summed E-state index contributed by atoms with van der Waals surface area (Å²) in [6.45, 7) is 1.96. The molecule has 4 heteroatoms. The summed E-state index contributed by atoms with van der Waals surface area (Å²) in [6.07, 6.45) is 2.43. The number of aryl methyl sites for hydroxylation is 1. The molecule has 0 saturated heterocycles. The van der Waals surface area contributed by atoms with E-state index in [1.54, 1.807) is 17.9 Å². The van der Waals surface area contributed by atoms with Gasteiger partial charge < -0.3 is 14.4 Å². The fourth-order valence-corrected chi connectivity index (χ4v) is 1.02. The van der Waals surface area contributed by atoms with Crippen molar-refractivity contribution in [1.82, 2.24) is 9.55 Å². The van der Waals surface area contributed by atoms with E-state index in [2.05, 4.69) is 4.98 Å². The molecular formula is C8H14N2O2. The predicted molar refractivity (Wildman–Crippen MR) is 45.0 cm³/mol. The first-order chi connectivity index (χ1) is 5.63. The van der Waals surface area contributed by atoms with Gasteiger partial charge in [-0.2, -0.15) is 4.98 Å². The van der Waals surface area contributed by atoms with Crippen LogP contribution >= 0.6 is 0 Å². The molecule has 0 amide bonds. The van der Waals surface area contributed by atoms with E-state index in [-0.39, 0.29) is 12.0 Å². The van der Waals surface area contributed by atoms with Gasteiger partial charge in [-0.3, -0.25) is 0 Å². The zero-order valence-electron chi connectivity index (χ0n) is 7.61. The molecule has 0 spiro atoms. The van der Waals surface area contributed by atoms with E-state index >= 15 is 0 Å². The first-order valence-corrected chi connectivity index (χ1v) is 3.87. The van der Waals surface area contributed by atoms with Crippen molar-refractivity contribution in [2.24, 2.45) is 7.05 Å². The van der Waals surface area contributed by atoms with Gasteiger partial charge in [-0.05, 0) is 6.92 Å². The lowest BCUT2D eigenvalue weighted by Crippen LogP contribution is -2.12. The van der Waals surface area contributed by atoms with Crippen LogP contribution in [0.2, 0.25) is 0 Å². The lowest BCUT2D eigenvalue weighted by molar-refractivity contribution is 0.116. The monoisotopic (exact) mass is 170 g/mol. The fraction of sp³-hybridized carbons (Fsp3) is 0.625. The Morgan fingerprint density at radius 2 is 2.42 bits per heavy atom. The number of methoxy groups -OCH3 is 1. The van der Waals surface area contributed by atoms with Crippen LogP contribution in [0.25, 0.3) is 0 Å². The number of aromatic hydroxyl groups is 1. The molecule has 1 heterocycles. The van der Waals surface area contributed by atoms with Crippen LogP contribution in [0, 0.1) is 0 Å². The average Bonchev–Trinajstić information content (AvgIpc) is 2.30. The third kappa shape index (κ3) is 1.98. The van der Waals surface area contributed by atoms with Gasteiger partial charge in [-0.15, -0.1) is 0 Å². The van der Waals surface area contributed by atoms with E-state index in [9.17, 15) is 0 Å². The van der Waals surface area contributed by atoms with Crippen molar-refractivity contribution in [3.8, 4) is 5.88 Å². The number of ether oxygens (including phenoxy) is 1. The SMILES string of the molecule is COC(C)Cc1nc(O)cn1C. The van der Waals surface area contributed by atoms with Crippen LogP contribution < -0.4 is 0 Å². The number of nitrogens with zero attached hydrogens (tertiary/aromatic N) is 2. The first-order valence-electron chi connectivity index (χ1n) is 3.87. The van der Waals surface area contributed by atoms with Crippen LogP contribution in [0.15, 0.2) is 6.20 Å². The number of aromatic nitrogens is 2. The molecule has 0 aliphatic heterocycles. The van der Waals surface area contributed by atoms with Crippen molar-refractivity contribution in [1.29, 1.82) is 0 Å². The quantitative estimate of drug-likeness (QED) is 0.726. The minimum atomic E-state index is 0.0656. The molecule has 1 rings (SSSR count). The Morgan fingerprint density at radius 1 is 1.75 bits per heavy atom. The van der Waals surface area contributed by atoms with Crippen LogP contribution in [0.3, 0.4) is 0 Å². The van der Waals surface area contributed by atoms with E-state index in [1.807, 2.05) is 14.0 Å². The topological polar surface area (TPSA) is 47.3 Å². The highest BCUT2D eigenvalue weighted by Crippen LogP contribution is 2.09. The second kappa shape index (κ2) is 3.58. The van der Waals surface area contributed by atoms with Crippen molar-refractivity contribution in [3.05, 3.63) is 12.0 Å². The summed E-state index contributed by atoms with van der Waals surface area (Å²) < 4.78 is 6.88. The Kier molecular flexibility index (Phi) is 2.70. The van der Waals surface area contributed by atoms with Crippen molar-refractivity contribution >= 4 is 0 Å². The van der Waals surface area contributed by atoms with Gasteiger partial charge in [0, 0.05) is 20.6 Å². The molecule has 68 valence electrons. The van der Waals surface area contributed by atoms with E-state index in [0.717, 1.165) is 5.82 Å². The van der Waals surface area contributed by atoms with Gasteiger partial charge in [-0.1, -0.05) is 0 Å². The molecule has 1 aromatic rings. The van der Waals surface area contributed by atoms with Crippen molar-refractivity contribution in [2.45, 2.75) is 19.4 Å². The molecular weight excluding hydrogens is 156 g/mol. The van der Waals surface area contributed by atoms with Crippen LogP contribution in [-0.2, 0) is 18.2 Å². The molecule has 12 heavy (non-hydrogen) atoms. The van der Waals surface area contributed by atoms with E-state index < -0.39 is 0 Å². The maximum absolute atomic E-state index is 9.05. The maximum Gasteiger partial charge on any atom is 0.229 e. The smallest absolute Gasteiger partial charge is 0.229 e. The lowest BCUT2D eigenvalue weighted by atomic mass is 10.3. The highest BCUT2D eigenvalue weighted by Gasteiger charge is 2.07. The molecule has 1 atom stereocenters.